The van der Waals surface area contributed by atoms with Crippen molar-refractivity contribution in [1.29, 1.82) is 0 Å². The van der Waals surface area contributed by atoms with Gasteiger partial charge in [0.25, 0.3) is 5.91 Å². The van der Waals surface area contributed by atoms with E-state index < -0.39 is 0 Å². The lowest BCUT2D eigenvalue weighted by molar-refractivity contribution is 0.0953. The van der Waals surface area contributed by atoms with Crippen LogP contribution >= 0.6 is 0 Å². The second kappa shape index (κ2) is 7.91. The highest BCUT2D eigenvalue weighted by Gasteiger charge is 2.04. The van der Waals surface area contributed by atoms with Crippen LogP contribution in [0.4, 0.5) is 0 Å². The Morgan fingerprint density at radius 1 is 1.31 bits per heavy atom. The molecule has 0 aliphatic rings. The maximum Gasteiger partial charge on any atom is 0.254 e. The highest BCUT2D eigenvalue weighted by Crippen LogP contribution is 2.04. The zero-order valence-corrected chi connectivity index (χ0v) is 9.96. The zero-order chi connectivity index (χ0) is 11.6. The molecule has 2 N–H and O–H groups in total. The van der Waals surface area contributed by atoms with Gasteiger partial charge in [-0.25, -0.2) is 0 Å². The molecule has 0 saturated heterocycles. The average molecular weight is 223 g/mol. The summed E-state index contributed by atoms with van der Waals surface area (Å²) in [6.07, 6.45) is 10.6. The van der Waals surface area contributed by atoms with E-state index in [1.165, 1.54) is 38.3 Å². The van der Waals surface area contributed by atoms with E-state index in [0.717, 1.165) is 13.0 Å². The van der Waals surface area contributed by atoms with Gasteiger partial charge in [-0.05, 0) is 6.42 Å². The number of nitrogens with one attached hydrogen (secondary N) is 2. The molecular weight excluding hydrogens is 202 g/mol. The molecule has 0 unspecified atom stereocenters. The van der Waals surface area contributed by atoms with Crippen LogP contribution in [0, 0.1) is 0 Å². The number of aromatic nitrogens is 2. The lowest BCUT2D eigenvalue weighted by atomic mass is 10.1. The molecule has 1 aromatic rings. The van der Waals surface area contributed by atoms with Crippen LogP contribution in [0.5, 0.6) is 0 Å². The number of hydrogen-bond donors (Lipinski definition) is 2. The molecule has 0 aromatic carbocycles. The molecule has 4 heteroatoms. The lowest BCUT2D eigenvalue weighted by Gasteiger charge is -2.03. The molecule has 1 amide bonds. The highest BCUT2D eigenvalue weighted by atomic mass is 16.1. The van der Waals surface area contributed by atoms with Crippen LogP contribution in [0.1, 0.15) is 55.8 Å². The third-order valence-corrected chi connectivity index (χ3v) is 2.58. The number of carbonyl (C=O) groups excluding carboxylic acids is 1. The first-order valence-corrected chi connectivity index (χ1v) is 6.11. The van der Waals surface area contributed by atoms with Crippen molar-refractivity contribution in [3.05, 3.63) is 18.0 Å². The summed E-state index contributed by atoms with van der Waals surface area (Å²) >= 11 is 0. The second-order valence-corrected chi connectivity index (χ2v) is 4.01. The van der Waals surface area contributed by atoms with Crippen LogP contribution < -0.4 is 5.32 Å². The summed E-state index contributed by atoms with van der Waals surface area (Å²) < 4.78 is 0. The number of H-pyrrole nitrogens is 1. The molecule has 0 atom stereocenters. The van der Waals surface area contributed by atoms with Gasteiger partial charge in [0, 0.05) is 12.7 Å². The molecule has 0 fully saturated rings. The zero-order valence-electron chi connectivity index (χ0n) is 9.96. The summed E-state index contributed by atoms with van der Waals surface area (Å²) in [5, 5.41) is 9.24. The molecule has 0 saturated carbocycles. The van der Waals surface area contributed by atoms with Crippen molar-refractivity contribution in [2.45, 2.75) is 45.4 Å². The summed E-state index contributed by atoms with van der Waals surface area (Å²) in [4.78, 5) is 11.5. The largest absolute Gasteiger partial charge is 0.352 e. The first-order chi connectivity index (χ1) is 7.84. The first kappa shape index (κ1) is 12.7. The maximum atomic E-state index is 11.5. The van der Waals surface area contributed by atoms with Crippen molar-refractivity contribution in [3.63, 3.8) is 0 Å². The summed E-state index contributed by atoms with van der Waals surface area (Å²) in [5.41, 5.74) is 0.603. The standard InChI is InChI=1S/C12H21N3O/c1-2-3-4-5-6-7-8-13-12(16)11-9-14-15-10-11/h9-10H,2-8H2,1H3,(H,13,16)(H,14,15). The van der Waals surface area contributed by atoms with Gasteiger partial charge in [0.05, 0.1) is 11.8 Å². The fourth-order valence-corrected chi connectivity index (χ4v) is 1.58. The predicted octanol–water partition coefficient (Wildman–Crippen LogP) is 2.50. The summed E-state index contributed by atoms with van der Waals surface area (Å²) in [6.45, 7) is 2.97. The van der Waals surface area contributed by atoms with E-state index in [1.807, 2.05) is 0 Å². The van der Waals surface area contributed by atoms with E-state index in [1.54, 1.807) is 6.20 Å². The van der Waals surface area contributed by atoms with Crippen LogP contribution in [0.2, 0.25) is 0 Å². The molecule has 16 heavy (non-hydrogen) atoms. The third kappa shape index (κ3) is 4.96. The highest BCUT2D eigenvalue weighted by molar-refractivity contribution is 5.93. The molecule has 0 bridgehead atoms. The minimum Gasteiger partial charge on any atom is -0.352 e. The molecule has 0 radical (unpaired) electrons. The lowest BCUT2D eigenvalue weighted by Crippen LogP contribution is -2.23. The summed E-state index contributed by atoms with van der Waals surface area (Å²) in [7, 11) is 0. The summed E-state index contributed by atoms with van der Waals surface area (Å²) in [5.74, 6) is -0.0395. The maximum absolute atomic E-state index is 11.5. The summed E-state index contributed by atoms with van der Waals surface area (Å²) in [6, 6.07) is 0. The van der Waals surface area contributed by atoms with Gasteiger partial charge in [0.2, 0.25) is 0 Å². The van der Waals surface area contributed by atoms with Crippen LogP contribution in [0.3, 0.4) is 0 Å². The third-order valence-electron chi connectivity index (χ3n) is 2.58. The van der Waals surface area contributed by atoms with Crippen molar-refractivity contribution < 1.29 is 4.79 Å². The van der Waals surface area contributed by atoms with E-state index in [9.17, 15) is 4.79 Å². The molecule has 0 spiro atoms. The average Bonchev–Trinajstić information content (AvgIpc) is 2.81. The van der Waals surface area contributed by atoms with Gasteiger partial charge >= 0.3 is 0 Å². The van der Waals surface area contributed by atoms with Crippen molar-refractivity contribution in [2.24, 2.45) is 0 Å². The van der Waals surface area contributed by atoms with E-state index in [4.69, 9.17) is 0 Å². The Bertz CT molecular complexity index is 282. The Balaban J connectivity index is 1.97. The number of unbranched alkanes of at least 4 members (excludes halogenated alkanes) is 5. The van der Waals surface area contributed by atoms with E-state index in [-0.39, 0.29) is 5.91 Å². The van der Waals surface area contributed by atoms with Crippen LogP contribution in [-0.4, -0.2) is 22.6 Å². The fourth-order valence-electron chi connectivity index (χ4n) is 1.58. The molecule has 4 nitrogen and oxygen atoms in total. The Kier molecular flexibility index (Phi) is 6.30. The minimum absolute atomic E-state index is 0.0395. The Morgan fingerprint density at radius 2 is 2.06 bits per heavy atom. The van der Waals surface area contributed by atoms with Crippen LogP contribution in [0.15, 0.2) is 12.4 Å². The molecule has 90 valence electrons. The number of nitrogens with zero attached hydrogens (tertiary/aromatic N) is 1. The van der Waals surface area contributed by atoms with Gasteiger partial charge in [-0.1, -0.05) is 39.0 Å². The number of rotatable bonds is 8. The quantitative estimate of drug-likeness (QED) is 0.665. The van der Waals surface area contributed by atoms with Gasteiger partial charge in [0.1, 0.15) is 0 Å². The molecule has 0 aliphatic heterocycles. The van der Waals surface area contributed by atoms with Gasteiger partial charge < -0.3 is 5.32 Å². The van der Waals surface area contributed by atoms with Crippen molar-refractivity contribution in [3.8, 4) is 0 Å². The van der Waals surface area contributed by atoms with Crippen molar-refractivity contribution in [2.75, 3.05) is 6.54 Å². The number of aromatic amines is 1. The van der Waals surface area contributed by atoms with Crippen LogP contribution in [0.25, 0.3) is 0 Å². The van der Waals surface area contributed by atoms with Crippen molar-refractivity contribution in [1.82, 2.24) is 15.5 Å². The van der Waals surface area contributed by atoms with E-state index in [0.29, 0.717) is 5.56 Å². The normalized spacial score (nSPS) is 10.3. The molecule has 0 aliphatic carbocycles. The van der Waals surface area contributed by atoms with Gasteiger partial charge in [0.15, 0.2) is 0 Å². The number of amides is 1. The van der Waals surface area contributed by atoms with E-state index >= 15 is 0 Å². The van der Waals surface area contributed by atoms with E-state index in [2.05, 4.69) is 22.4 Å². The molecule has 1 rings (SSSR count). The minimum atomic E-state index is -0.0395. The number of hydrogen-bond acceptors (Lipinski definition) is 2. The van der Waals surface area contributed by atoms with Gasteiger partial charge in [-0.15, -0.1) is 0 Å². The molecular formula is C12H21N3O. The molecule has 1 aromatic heterocycles. The predicted molar refractivity (Wildman–Crippen MR) is 64.3 cm³/mol. The van der Waals surface area contributed by atoms with Crippen molar-refractivity contribution >= 4 is 5.91 Å². The first-order valence-electron chi connectivity index (χ1n) is 6.11. The van der Waals surface area contributed by atoms with Gasteiger partial charge in [-0.3, -0.25) is 9.89 Å². The number of carbonyl (C=O) groups is 1. The van der Waals surface area contributed by atoms with Gasteiger partial charge in [-0.2, -0.15) is 5.10 Å². The Hall–Kier alpha value is -1.32. The Morgan fingerprint density at radius 3 is 2.75 bits per heavy atom. The SMILES string of the molecule is CCCCCCCCNC(=O)c1cn[nH]c1. The monoisotopic (exact) mass is 223 g/mol. The fraction of sp³-hybridized carbons (Fsp3) is 0.667. The molecule has 1 heterocycles. The Labute approximate surface area is 96.8 Å². The smallest absolute Gasteiger partial charge is 0.254 e. The topological polar surface area (TPSA) is 57.8 Å². The second-order valence-electron chi connectivity index (χ2n) is 4.01. The van der Waals surface area contributed by atoms with Crippen LogP contribution in [-0.2, 0) is 0 Å².